The zero-order chi connectivity index (χ0) is 91.4. The molecule has 0 spiro atoms. The number of nitrogens with zero attached hydrogens (tertiary/aromatic N) is 11. The van der Waals surface area contributed by atoms with E-state index in [0.717, 1.165) is 103 Å². The predicted molar refractivity (Wildman–Crippen MR) is 520 cm³/mol. The fourth-order valence-electron chi connectivity index (χ4n) is 14.0. The Balaban J connectivity index is 0.000000133. The first-order valence-electron chi connectivity index (χ1n) is 44.3. The predicted octanol–water partition coefficient (Wildman–Crippen LogP) is 27.3. The molecular weight excluding hydrogens is 1640 g/mol. The molecule has 18 aromatic rings. The lowest BCUT2D eigenvalue weighted by molar-refractivity contribution is 0.441. The van der Waals surface area contributed by atoms with Crippen molar-refractivity contribution in [2.45, 2.75) is 124 Å². The Hall–Kier alpha value is -15.8. The maximum atomic E-state index is 14.4. The normalized spacial score (nSPS) is 10.9. The fourth-order valence-corrected chi connectivity index (χ4v) is 14.0. The number of hydrogen-bond acceptors (Lipinski definition) is 17. The van der Waals surface area contributed by atoms with Gasteiger partial charge < -0.3 is 28.1 Å². The third-order valence-electron chi connectivity index (χ3n) is 21.6. The molecular formula is C114H106FN11O6. The van der Waals surface area contributed by atoms with E-state index in [-0.39, 0.29) is 22.4 Å². The minimum atomic E-state index is -0.339. The Morgan fingerprint density at radius 3 is 1.01 bits per heavy atom. The number of aromatic nitrogens is 11. The molecule has 0 atom stereocenters. The topological polar surface area (TPSA) is 201 Å². The van der Waals surface area contributed by atoms with Crippen LogP contribution in [0.1, 0.15) is 114 Å². The minimum Gasteiger partial charge on any atom is -0.454 e. The van der Waals surface area contributed by atoms with Crippen LogP contribution in [0.4, 0.5) is 4.39 Å². The Kier molecular flexibility index (Phi) is 33.1. The lowest BCUT2D eigenvalue weighted by Crippen LogP contribution is -2.10. The highest BCUT2D eigenvalue weighted by atomic mass is 19.1. The van der Waals surface area contributed by atoms with E-state index >= 15 is 0 Å². The molecule has 0 aliphatic heterocycles. The van der Waals surface area contributed by atoms with Crippen molar-refractivity contribution < 1.29 is 32.5 Å². The van der Waals surface area contributed by atoms with Crippen molar-refractivity contribution >= 4 is 0 Å². The number of halogens is 1. The summed E-state index contributed by atoms with van der Waals surface area (Å²) in [6.45, 7) is 15.2. The molecule has 0 N–H and O–H groups in total. The average Bonchev–Trinajstić information content (AvgIpc) is 0.978. The van der Waals surface area contributed by atoms with E-state index < -0.39 is 0 Å². The Morgan fingerprint density at radius 2 is 0.636 bits per heavy atom. The van der Waals surface area contributed by atoms with Crippen LogP contribution >= 0.6 is 0 Å². The lowest BCUT2D eigenvalue weighted by atomic mass is 9.87. The van der Waals surface area contributed by atoms with Crippen LogP contribution in [0.25, 0.3) is 33.5 Å². The van der Waals surface area contributed by atoms with Gasteiger partial charge in [-0.05, 0) is 262 Å². The standard InChI is InChI=1S/C25H22N2O.C24H20N2O.C23H24FNO.C23H19N3O.C19H21N3O2/c1-19-16-25(27-18-23(19)10-9-20-6-5-15-26-17-20)28-24-13-11-22(12-14-24)21-7-3-2-4-8-21;1-2-6-21(7-3-1)22-11-13-23(14-12-22)27-24-15-10-20(18-26-24)9-8-19-5-4-16-25-17-19;1-23(2,3)19-9-11-20(12-10-19)26-22-13-8-17(15-21(22)24)6-7-18-5-4-14-25-16-18;1-2-6-20(7-3-1)22-12-11-21(17-25-22)27-23-13-10-19(16-26-23)9-8-18-5-4-14-24-15-18;1-19(2,3)15-6-8-16(9-7-15)24-17-10-4-14(12-20-17)5-11-18-22-21-13-23-18/h2-8,11-18H,9-10H2,1H3;1-7,10-18H,8-9H2;4-5,8-16H,6-7H2,1-3H3;1-7,10-17H,8-9H2;4,6-10,12-13H,5,11H2,1-3H3. The van der Waals surface area contributed by atoms with E-state index in [1.807, 2.05) is 262 Å². The highest BCUT2D eigenvalue weighted by molar-refractivity contribution is 5.65. The summed E-state index contributed by atoms with van der Waals surface area (Å²) in [5.41, 5.74) is 21.1. The van der Waals surface area contributed by atoms with Gasteiger partial charge in [-0.2, -0.15) is 0 Å². The Labute approximate surface area is 772 Å². The molecule has 8 aromatic carbocycles. The van der Waals surface area contributed by atoms with Crippen LogP contribution in [0, 0.1) is 12.7 Å². The minimum absolute atomic E-state index is 0.0830. The molecule has 0 fully saturated rings. The van der Waals surface area contributed by atoms with Crippen LogP contribution in [0.3, 0.4) is 0 Å². The first-order chi connectivity index (χ1) is 64.4. The van der Waals surface area contributed by atoms with Crippen molar-refractivity contribution in [3.63, 3.8) is 0 Å². The van der Waals surface area contributed by atoms with Gasteiger partial charge in [-0.3, -0.25) is 24.9 Å². The smallest absolute Gasteiger partial charge is 0.219 e. The molecule has 0 aliphatic rings. The molecule has 132 heavy (non-hydrogen) atoms. The third-order valence-corrected chi connectivity index (χ3v) is 21.6. The van der Waals surface area contributed by atoms with Crippen LogP contribution in [0.5, 0.6) is 58.0 Å². The van der Waals surface area contributed by atoms with Crippen molar-refractivity contribution in [3.8, 4) is 91.5 Å². The molecule has 0 bridgehead atoms. The van der Waals surface area contributed by atoms with Crippen molar-refractivity contribution in [1.29, 1.82) is 0 Å². The van der Waals surface area contributed by atoms with E-state index in [1.165, 1.54) is 78.7 Å². The van der Waals surface area contributed by atoms with Crippen molar-refractivity contribution in [2.24, 2.45) is 0 Å². The van der Waals surface area contributed by atoms with Crippen LogP contribution in [0.2, 0.25) is 0 Å². The molecule has 0 radical (unpaired) electrons. The van der Waals surface area contributed by atoms with Gasteiger partial charge >= 0.3 is 0 Å². The quantitative estimate of drug-likeness (QED) is 0.0448. The maximum absolute atomic E-state index is 14.4. The SMILES string of the molecule is CC(C)(C)c1ccc(Oc2ccc(CCc3cccnc3)cc2F)cc1.CC(C)(C)c1ccc(Oc2ccc(CCc3nnco3)cn2)cc1.Cc1cc(Oc2ccc(-c3ccccc3)cc2)ncc1CCc1cccnc1.c1ccc(-c2ccc(Oc3ccc(CCc4cccnc4)cn3)cc2)cc1.c1ccc(-c2ccc(Oc3ccc(CCc4cccnc4)cn3)cn2)cc1. The van der Waals surface area contributed by atoms with E-state index in [2.05, 4.69) is 188 Å². The number of benzene rings is 8. The van der Waals surface area contributed by atoms with E-state index in [1.54, 1.807) is 43.1 Å². The van der Waals surface area contributed by atoms with Gasteiger partial charge in [0.2, 0.25) is 35.8 Å². The molecule has 660 valence electrons. The molecule has 18 heteroatoms. The molecule has 0 saturated carbocycles. The number of hydrogen-bond donors (Lipinski definition) is 0. The van der Waals surface area contributed by atoms with Gasteiger partial charge in [0, 0.05) is 111 Å². The Bertz CT molecular complexity index is 6250. The average molecular weight is 1750 g/mol. The second kappa shape index (κ2) is 47.3. The zero-order valence-corrected chi connectivity index (χ0v) is 75.3. The maximum Gasteiger partial charge on any atom is 0.219 e. The number of ether oxygens (including phenoxy) is 5. The molecule has 17 nitrogen and oxygen atoms in total. The first-order valence-corrected chi connectivity index (χ1v) is 44.3. The molecule has 0 saturated heterocycles. The lowest BCUT2D eigenvalue weighted by Gasteiger charge is -2.19. The summed E-state index contributed by atoms with van der Waals surface area (Å²) < 4.78 is 48.6. The van der Waals surface area contributed by atoms with Crippen LogP contribution in [-0.4, -0.2) is 55.1 Å². The fraction of sp³-hybridized carbons (Fsp3) is 0.167. The Morgan fingerprint density at radius 1 is 0.280 bits per heavy atom. The van der Waals surface area contributed by atoms with Gasteiger partial charge in [0.1, 0.15) is 28.7 Å². The largest absolute Gasteiger partial charge is 0.454 e. The van der Waals surface area contributed by atoms with Crippen LogP contribution < -0.4 is 23.7 Å². The van der Waals surface area contributed by atoms with Crippen LogP contribution in [-0.2, 0) is 75.0 Å². The van der Waals surface area contributed by atoms with E-state index in [4.69, 9.17) is 28.1 Å². The van der Waals surface area contributed by atoms with Gasteiger partial charge in [0.25, 0.3) is 0 Å². The van der Waals surface area contributed by atoms with Crippen molar-refractivity contribution in [1.82, 2.24) is 55.1 Å². The number of aryl methyl sites for hydroxylation is 11. The number of rotatable bonds is 28. The van der Waals surface area contributed by atoms with Gasteiger partial charge in [0.05, 0.1) is 11.9 Å². The summed E-state index contributed by atoms with van der Waals surface area (Å²) in [4.78, 5) is 38.7. The summed E-state index contributed by atoms with van der Waals surface area (Å²) in [6, 6.07) is 102. The molecule has 18 rings (SSSR count). The zero-order valence-electron chi connectivity index (χ0n) is 75.3. The van der Waals surface area contributed by atoms with E-state index in [0.29, 0.717) is 47.3 Å². The summed E-state index contributed by atoms with van der Waals surface area (Å²) in [5, 5.41) is 7.53. The first kappa shape index (κ1) is 92.4. The molecule has 0 amide bonds. The highest BCUT2D eigenvalue weighted by Gasteiger charge is 2.17. The van der Waals surface area contributed by atoms with Gasteiger partial charge in [0.15, 0.2) is 11.6 Å². The van der Waals surface area contributed by atoms with Gasteiger partial charge in [-0.25, -0.2) is 24.3 Å². The summed E-state index contributed by atoms with van der Waals surface area (Å²) in [6.07, 6.45) is 34.0. The highest BCUT2D eigenvalue weighted by Crippen LogP contribution is 2.34. The summed E-state index contributed by atoms with van der Waals surface area (Å²) in [5.74, 6) is 6.58. The third kappa shape index (κ3) is 29.6. The van der Waals surface area contributed by atoms with E-state index in [9.17, 15) is 4.39 Å². The van der Waals surface area contributed by atoms with Crippen molar-refractivity contribution in [3.05, 3.63) is 475 Å². The molecule has 10 aromatic heterocycles. The summed E-state index contributed by atoms with van der Waals surface area (Å²) >= 11 is 0. The van der Waals surface area contributed by atoms with Gasteiger partial charge in [-0.1, -0.05) is 230 Å². The molecule has 0 aliphatic carbocycles. The second-order valence-corrected chi connectivity index (χ2v) is 33.6. The van der Waals surface area contributed by atoms with Crippen LogP contribution in [0.15, 0.2) is 401 Å². The van der Waals surface area contributed by atoms with Crippen molar-refractivity contribution in [2.75, 3.05) is 0 Å². The second-order valence-electron chi connectivity index (χ2n) is 33.6. The summed E-state index contributed by atoms with van der Waals surface area (Å²) in [7, 11) is 0. The van der Waals surface area contributed by atoms with Gasteiger partial charge in [-0.15, -0.1) is 10.2 Å². The molecule has 10 heterocycles. The number of pyridine rings is 9. The molecule has 0 unspecified atom stereocenters. The monoisotopic (exact) mass is 1740 g/mol.